The van der Waals surface area contributed by atoms with Crippen molar-refractivity contribution < 1.29 is 39.2 Å². The molecule has 2 atom stereocenters. The molecule has 0 aliphatic carbocycles. The van der Waals surface area contributed by atoms with Gasteiger partial charge in [-0.2, -0.15) is 13.2 Å². The molecule has 2 heterocycles. The van der Waals surface area contributed by atoms with Crippen molar-refractivity contribution in [1.82, 2.24) is 9.80 Å². The van der Waals surface area contributed by atoms with Crippen molar-refractivity contribution in [1.29, 1.82) is 0 Å². The van der Waals surface area contributed by atoms with Crippen LogP contribution in [0.1, 0.15) is 49.9 Å². The summed E-state index contributed by atoms with van der Waals surface area (Å²) in [5.74, 6) is -3.80. The van der Waals surface area contributed by atoms with E-state index in [2.05, 4.69) is 5.32 Å². The number of alkyl halides is 5. The molecular weight excluding hydrogens is 589 g/mol. The van der Waals surface area contributed by atoms with Crippen LogP contribution < -0.4 is 10.0 Å². The van der Waals surface area contributed by atoms with Crippen molar-refractivity contribution in [3.05, 3.63) is 58.7 Å². The topological polar surface area (TPSA) is 64.7 Å². The Kier molecular flexibility index (Phi) is 9.39. The maximum atomic E-state index is 15.7. The fraction of sp³-hybridized carbons (Fsp3) is 0.571. The van der Waals surface area contributed by atoms with Crippen molar-refractivity contribution in [3.63, 3.8) is 0 Å². The number of hydrogen-bond acceptors (Lipinski definition) is 5. The summed E-state index contributed by atoms with van der Waals surface area (Å²) < 4.78 is 123. The molecule has 2 aromatic rings. The van der Waals surface area contributed by atoms with Gasteiger partial charge in [-0.15, -0.1) is 0 Å². The molecule has 0 bridgehead atoms. The summed E-state index contributed by atoms with van der Waals surface area (Å²) in [5.41, 5.74) is -1.09. The van der Waals surface area contributed by atoms with E-state index in [0.29, 0.717) is 37.2 Å². The van der Waals surface area contributed by atoms with E-state index >= 15 is 8.78 Å². The highest BCUT2D eigenvalue weighted by molar-refractivity contribution is 7.92. The summed E-state index contributed by atoms with van der Waals surface area (Å²) in [7, 11) is -4.75. The lowest BCUT2D eigenvalue weighted by molar-refractivity contribution is -0.106. The smallest absolute Gasteiger partial charge is 0.380 e. The molecule has 14 heteroatoms. The standard InChI is InChI=1S/C28H35F7N4O2S/c1-17-9-18-10-19(37-42(40,41)16-28(33,34)35)5-6-22(18)26(39(17)15-27(2,3)32)25-23(30)11-20(12-24(25)31)36-21-13-38(14-21)8-4-7-29/h5-6,10-12,17,21,26,36-37H,4,7-9,13-16H2,1-3H3/t17-,26+/m1/s1. The van der Waals surface area contributed by atoms with Crippen LogP contribution in [-0.2, 0) is 16.4 Å². The van der Waals surface area contributed by atoms with Gasteiger partial charge in [-0.25, -0.2) is 21.6 Å². The van der Waals surface area contributed by atoms with Crippen LogP contribution in [0.5, 0.6) is 0 Å². The molecule has 1 fully saturated rings. The van der Waals surface area contributed by atoms with Crippen molar-refractivity contribution in [2.45, 2.75) is 63.6 Å². The third-order valence-corrected chi connectivity index (χ3v) is 8.58. The lowest BCUT2D eigenvalue weighted by Crippen LogP contribution is -2.54. The molecule has 0 saturated carbocycles. The number of nitrogens with one attached hydrogen (secondary N) is 2. The zero-order valence-corrected chi connectivity index (χ0v) is 24.4. The van der Waals surface area contributed by atoms with Gasteiger partial charge in [0.05, 0.1) is 18.8 Å². The highest BCUT2D eigenvalue weighted by atomic mass is 32.2. The van der Waals surface area contributed by atoms with Gasteiger partial charge in [-0.3, -0.25) is 18.9 Å². The number of halogens is 7. The van der Waals surface area contributed by atoms with Gasteiger partial charge in [0.2, 0.25) is 10.0 Å². The van der Waals surface area contributed by atoms with Crippen LogP contribution in [0.15, 0.2) is 30.3 Å². The second-order valence-electron chi connectivity index (χ2n) is 11.7. The zero-order valence-electron chi connectivity index (χ0n) is 23.5. The first-order valence-corrected chi connectivity index (χ1v) is 15.3. The first-order chi connectivity index (χ1) is 19.4. The first kappa shape index (κ1) is 32.3. The minimum absolute atomic E-state index is 0.0620. The van der Waals surface area contributed by atoms with E-state index in [0.717, 1.165) is 0 Å². The van der Waals surface area contributed by atoms with Gasteiger partial charge in [-0.05, 0) is 69.0 Å². The van der Waals surface area contributed by atoms with Crippen molar-refractivity contribution in [3.8, 4) is 0 Å². The summed E-state index contributed by atoms with van der Waals surface area (Å²) in [5, 5.41) is 3.08. The van der Waals surface area contributed by atoms with E-state index in [9.17, 15) is 30.4 Å². The van der Waals surface area contributed by atoms with E-state index in [-0.39, 0.29) is 35.9 Å². The van der Waals surface area contributed by atoms with Gasteiger partial charge in [-0.1, -0.05) is 6.07 Å². The highest BCUT2D eigenvalue weighted by Crippen LogP contribution is 2.42. The summed E-state index contributed by atoms with van der Waals surface area (Å²) in [6, 6.07) is 4.71. The number of likely N-dealkylation sites (tertiary alicyclic amines) is 1. The Bertz CT molecular complexity index is 1350. The molecule has 2 aliphatic rings. The quantitative estimate of drug-likeness (QED) is 0.309. The maximum absolute atomic E-state index is 15.7. The molecule has 0 radical (unpaired) electrons. The number of hydrogen-bond donors (Lipinski definition) is 2. The van der Waals surface area contributed by atoms with Crippen LogP contribution >= 0.6 is 0 Å². The monoisotopic (exact) mass is 624 g/mol. The molecule has 42 heavy (non-hydrogen) atoms. The van der Waals surface area contributed by atoms with Crippen LogP contribution in [0, 0.1) is 11.6 Å². The van der Waals surface area contributed by atoms with Crippen LogP contribution in [0.4, 0.5) is 42.1 Å². The van der Waals surface area contributed by atoms with Crippen molar-refractivity contribution in [2.75, 3.05) is 48.6 Å². The van der Waals surface area contributed by atoms with Crippen molar-refractivity contribution >= 4 is 21.4 Å². The Balaban J connectivity index is 1.66. The average molecular weight is 625 g/mol. The van der Waals surface area contributed by atoms with Gasteiger partial charge in [0, 0.05) is 49.2 Å². The molecule has 2 aromatic carbocycles. The SMILES string of the molecule is C[C@@H]1Cc2cc(NS(=O)(=O)CC(F)(F)F)ccc2[C@@H](c2c(F)cc(NC3CN(CCCF)C3)cc2F)N1CC(C)(C)F. The Morgan fingerprint density at radius 1 is 1.00 bits per heavy atom. The van der Waals surface area contributed by atoms with Crippen LogP contribution in [-0.4, -0.2) is 80.8 Å². The molecule has 4 rings (SSSR count). The molecule has 0 amide bonds. The van der Waals surface area contributed by atoms with Gasteiger partial charge in [0.1, 0.15) is 17.3 Å². The fourth-order valence-corrected chi connectivity index (χ4v) is 6.70. The fourth-order valence-electron chi connectivity index (χ4n) is 5.71. The lowest BCUT2D eigenvalue weighted by Gasteiger charge is -2.44. The molecule has 0 spiro atoms. The average Bonchev–Trinajstić information content (AvgIpc) is 2.79. The zero-order chi connectivity index (χ0) is 31.0. The second kappa shape index (κ2) is 12.2. The summed E-state index contributed by atoms with van der Waals surface area (Å²) in [6.07, 6.45) is -4.29. The third kappa shape index (κ3) is 8.07. The number of rotatable bonds is 11. The van der Waals surface area contributed by atoms with E-state index in [1.165, 1.54) is 44.2 Å². The number of benzene rings is 2. The molecule has 0 aromatic heterocycles. The number of sulfonamides is 1. The normalized spacial score (nSPS) is 20.7. The predicted molar refractivity (Wildman–Crippen MR) is 148 cm³/mol. The Morgan fingerprint density at radius 2 is 1.64 bits per heavy atom. The molecule has 2 N–H and O–H groups in total. The van der Waals surface area contributed by atoms with E-state index in [1.54, 1.807) is 11.8 Å². The largest absolute Gasteiger partial charge is 0.404 e. The van der Waals surface area contributed by atoms with Crippen LogP contribution in [0.2, 0.25) is 0 Å². The minimum Gasteiger partial charge on any atom is -0.380 e. The maximum Gasteiger partial charge on any atom is 0.404 e. The van der Waals surface area contributed by atoms with Gasteiger partial charge in [0.25, 0.3) is 0 Å². The Labute approximate surface area is 241 Å². The number of nitrogens with zero attached hydrogens (tertiary/aromatic N) is 2. The van der Waals surface area contributed by atoms with Crippen LogP contribution in [0.3, 0.4) is 0 Å². The Morgan fingerprint density at radius 3 is 2.21 bits per heavy atom. The van der Waals surface area contributed by atoms with Gasteiger partial charge < -0.3 is 5.32 Å². The van der Waals surface area contributed by atoms with E-state index in [1.807, 2.05) is 9.62 Å². The highest BCUT2D eigenvalue weighted by Gasteiger charge is 2.40. The molecular formula is C28H35F7N4O2S. The van der Waals surface area contributed by atoms with Crippen molar-refractivity contribution in [2.24, 2.45) is 0 Å². The van der Waals surface area contributed by atoms with Crippen LogP contribution in [0.25, 0.3) is 0 Å². The first-order valence-electron chi connectivity index (χ1n) is 13.6. The molecule has 0 unspecified atom stereocenters. The number of anilines is 2. The third-order valence-electron chi connectivity index (χ3n) is 7.32. The molecule has 234 valence electrons. The second-order valence-corrected chi connectivity index (χ2v) is 13.5. The summed E-state index contributed by atoms with van der Waals surface area (Å²) >= 11 is 0. The molecule has 1 saturated heterocycles. The minimum atomic E-state index is -4.94. The van der Waals surface area contributed by atoms with Gasteiger partial charge >= 0.3 is 6.18 Å². The van der Waals surface area contributed by atoms with Gasteiger partial charge in [0.15, 0.2) is 5.75 Å². The lowest BCUT2D eigenvalue weighted by atomic mass is 9.83. The molecule has 2 aliphatic heterocycles. The predicted octanol–water partition coefficient (Wildman–Crippen LogP) is 5.81. The Hall–Kier alpha value is -2.58. The van der Waals surface area contributed by atoms with E-state index < -0.39 is 58.0 Å². The summed E-state index contributed by atoms with van der Waals surface area (Å²) in [6.45, 7) is 5.65. The van der Waals surface area contributed by atoms with E-state index in [4.69, 9.17) is 0 Å². The summed E-state index contributed by atoms with van der Waals surface area (Å²) in [4.78, 5) is 3.66. The molecule has 6 nitrogen and oxygen atoms in total. The number of fused-ring (bicyclic) bond motifs is 1.